The van der Waals surface area contributed by atoms with Crippen LogP contribution in [0, 0.1) is 26.2 Å². The van der Waals surface area contributed by atoms with Gasteiger partial charge in [-0.2, -0.15) is 0 Å². The van der Waals surface area contributed by atoms with Crippen LogP contribution in [0.5, 0.6) is 0 Å². The van der Waals surface area contributed by atoms with Crippen molar-refractivity contribution in [1.29, 1.82) is 0 Å². The van der Waals surface area contributed by atoms with Gasteiger partial charge in [-0.05, 0) is 32.8 Å². The van der Waals surface area contributed by atoms with Gasteiger partial charge in [0, 0.05) is 13.1 Å². The number of terminal acetylenes is 1. The number of aryl methyl sites for hydroxylation is 2. The van der Waals surface area contributed by atoms with Gasteiger partial charge in [0.2, 0.25) is 0 Å². The largest absolute Gasteiger partial charge is 0.357 e. The molecule has 0 spiro atoms. The van der Waals surface area contributed by atoms with Crippen LogP contribution in [0.25, 0.3) is 0 Å². The molecule has 0 heterocycles. The number of nitrogens with one attached hydrogen (secondary N) is 2. The van der Waals surface area contributed by atoms with Crippen LogP contribution < -0.4 is 10.6 Å². The van der Waals surface area contributed by atoms with Crippen LogP contribution >= 0.6 is 0 Å². The van der Waals surface area contributed by atoms with Crippen molar-refractivity contribution in [2.45, 2.75) is 27.2 Å². The number of guanidine groups is 1. The average Bonchev–Trinajstić information content (AvgIpc) is 2.34. The molecule has 0 radical (unpaired) electrons. The fourth-order valence-electron chi connectivity index (χ4n) is 1.99. The smallest absolute Gasteiger partial charge is 0.192 e. The minimum absolute atomic E-state index is 0.495. The van der Waals surface area contributed by atoms with Gasteiger partial charge in [-0.15, -0.1) is 6.42 Å². The molecule has 0 bridgehead atoms. The first-order chi connectivity index (χ1) is 9.15. The van der Waals surface area contributed by atoms with Crippen molar-refractivity contribution in [3.63, 3.8) is 0 Å². The van der Waals surface area contributed by atoms with Gasteiger partial charge in [0.25, 0.3) is 0 Å². The third-order valence-corrected chi connectivity index (χ3v) is 2.65. The minimum atomic E-state index is 0.495. The van der Waals surface area contributed by atoms with Crippen LogP contribution in [0.3, 0.4) is 0 Å². The molecule has 1 aromatic rings. The van der Waals surface area contributed by atoms with Gasteiger partial charge in [0.1, 0.15) is 0 Å². The Kier molecular flexibility index (Phi) is 6.52. The molecule has 1 aromatic carbocycles. The van der Waals surface area contributed by atoms with Crippen LogP contribution in [0.4, 0.5) is 0 Å². The standard InChI is InChI=1S/C16H23N3/c1-5-8-18-16(17-6-2)19-9-7-15-11-13(3)10-14(4)12-15/h1,10-12H,6-9H2,2-4H3,(H2,17,18,19). The zero-order valence-corrected chi connectivity index (χ0v) is 12.1. The number of rotatable bonds is 5. The lowest BCUT2D eigenvalue weighted by atomic mass is 10.1. The zero-order chi connectivity index (χ0) is 14.1. The van der Waals surface area contributed by atoms with Crippen molar-refractivity contribution in [2.24, 2.45) is 4.99 Å². The summed E-state index contributed by atoms with van der Waals surface area (Å²) >= 11 is 0. The Balaban J connectivity index is 2.56. The number of nitrogens with zero attached hydrogens (tertiary/aromatic N) is 1. The van der Waals surface area contributed by atoms with Gasteiger partial charge in [-0.25, -0.2) is 0 Å². The van der Waals surface area contributed by atoms with E-state index >= 15 is 0 Å². The highest BCUT2D eigenvalue weighted by Crippen LogP contribution is 2.09. The van der Waals surface area contributed by atoms with Crippen LogP contribution in [-0.4, -0.2) is 25.6 Å². The maximum Gasteiger partial charge on any atom is 0.192 e. The van der Waals surface area contributed by atoms with Crippen molar-refractivity contribution in [2.75, 3.05) is 19.6 Å². The monoisotopic (exact) mass is 257 g/mol. The van der Waals surface area contributed by atoms with E-state index in [1.54, 1.807) is 0 Å². The summed E-state index contributed by atoms with van der Waals surface area (Å²) in [5.74, 6) is 3.33. The molecule has 2 N–H and O–H groups in total. The molecule has 0 aliphatic carbocycles. The Morgan fingerprint density at radius 2 is 1.89 bits per heavy atom. The molecule has 0 saturated heterocycles. The molecular formula is C16H23N3. The molecule has 0 unspecified atom stereocenters. The van der Waals surface area contributed by atoms with Crippen LogP contribution in [0.2, 0.25) is 0 Å². The molecular weight excluding hydrogens is 234 g/mol. The van der Waals surface area contributed by atoms with Gasteiger partial charge in [0.15, 0.2) is 5.96 Å². The lowest BCUT2D eigenvalue weighted by Crippen LogP contribution is -2.37. The molecule has 0 saturated carbocycles. The first kappa shape index (κ1) is 15.1. The molecule has 0 aliphatic heterocycles. The fraction of sp³-hybridized carbons (Fsp3) is 0.438. The second kappa shape index (κ2) is 8.20. The van der Waals surface area contributed by atoms with Crippen molar-refractivity contribution >= 4 is 5.96 Å². The average molecular weight is 257 g/mol. The summed E-state index contributed by atoms with van der Waals surface area (Å²) in [6.45, 7) is 8.37. The summed E-state index contributed by atoms with van der Waals surface area (Å²) in [6.07, 6.45) is 6.17. The second-order valence-electron chi connectivity index (χ2n) is 4.56. The number of aliphatic imine (C=N–C) groups is 1. The van der Waals surface area contributed by atoms with E-state index in [1.807, 2.05) is 6.92 Å². The zero-order valence-electron chi connectivity index (χ0n) is 12.1. The minimum Gasteiger partial charge on any atom is -0.357 e. The molecule has 0 fully saturated rings. The summed E-state index contributed by atoms with van der Waals surface area (Å²) in [5, 5.41) is 6.25. The van der Waals surface area contributed by atoms with Crippen molar-refractivity contribution < 1.29 is 0 Å². The Morgan fingerprint density at radius 3 is 2.47 bits per heavy atom. The van der Waals surface area contributed by atoms with Gasteiger partial charge in [-0.1, -0.05) is 35.2 Å². The Morgan fingerprint density at radius 1 is 1.21 bits per heavy atom. The predicted octanol–water partition coefficient (Wildman–Crippen LogP) is 2.03. The Hall–Kier alpha value is -1.95. The van der Waals surface area contributed by atoms with Gasteiger partial charge in [-0.3, -0.25) is 4.99 Å². The van der Waals surface area contributed by atoms with E-state index in [9.17, 15) is 0 Å². The SMILES string of the molecule is C#CCNC(=NCCc1cc(C)cc(C)c1)NCC. The summed E-state index contributed by atoms with van der Waals surface area (Å²) < 4.78 is 0. The van der Waals surface area contributed by atoms with E-state index in [1.165, 1.54) is 16.7 Å². The van der Waals surface area contributed by atoms with Crippen LogP contribution in [-0.2, 0) is 6.42 Å². The highest BCUT2D eigenvalue weighted by molar-refractivity contribution is 5.79. The lowest BCUT2D eigenvalue weighted by molar-refractivity contribution is 0.855. The molecule has 0 aromatic heterocycles. The molecule has 0 amide bonds. The Labute approximate surface area is 116 Å². The van der Waals surface area contributed by atoms with Crippen molar-refractivity contribution in [1.82, 2.24) is 10.6 Å². The maximum absolute atomic E-state index is 5.23. The maximum atomic E-state index is 5.23. The number of benzene rings is 1. The van der Waals surface area contributed by atoms with Gasteiger partial charge < -0.3 is 10.6 Å². The molecule has 102 valence electrons. The van der Waals surface area contributed by atoms with Gasteiger partial charge in [0.05, 0.1) is 6.54 Å². The summed E-state index contributed by atoms with van der Waals surface area (Å²) in [5.41, 5.74) is 3.93. The van der Waals surface area contributed by atoms with Crippen molar-refractivity contribution in [3.8, 4) is 12.3 Å². The van der Waals surface area contributed by atoms with E-state index < -0.39 is 0 Å². The van der Waals surface area contributed by atoms with Crippen LogP contribution in [0.15, 0.2) is 23.2 Å². The van der Waals surface area contributed by atoms with Crippen molar-refractivity contribution in [3.05, 3.63) is 34.9 Å². The van der Waals surface area contributed by atoms with E-state index in [0.29, 0.717) is 6.54 Å². The third-order valence-electron chi connectivity index (χ3n) is 2.65. The highest BCUT2D eigenvalue weighted by atomic mass is 15.2. The molecule has 19 heavy (non-hydrogen) atoms. The molecule has 3 heteroatoms. The van der Waals surface area contributed by atoms with Gasteiger partial charge >= 0.3 is 0 Å². The normalized spacial score (nSPS) is 10.9. The number of hydrogen-bond acceptors (Lipinski definition) is 1. The third kappa shape index (κ3) is 5.96. The molecule has 3 nitrogen and oxygen atoms in total. The Bertz CT molecular complexity index is 449. The quantitative estimate of drug-likeness (QED) is 0.481. The fourth-order valence-corrected chi connectivity index (χ4v) is 1.99. The van der Waals surface area contributed by atoms with E-state index in [4.69, 9.17) is 6.42 Å². The first-order valence-corrected chi connectivity index (χ1v) is 6.68. The predicted molar refractivity (Wildman–Crippen MR) is 82.4 cm³/mol. The van der Waals surface area contributed by atoms with E-state index in [2.05, 4.69) is 53.6 Å². The highest BCUT2D eigenvalue weighted by Gasteiger charge is 1.97. The van der Waals surface area contributed by atoms with Crippen LogP contribution in [0.1, 0.15) is 23.6 Å². The summed E-state index contributed by atoms with van der Waals surface area (Å²) in [4.78, 5) is 4.50. The van der Waals surface area contributed by atoms with E-state index in [-0.39, 0.29) is 0 Å². The second-order valence-corrected chi connectivity index (χ2v) is 4.56. The van der Waals surface area contributed by atoms with E-state index in [0.717, 1.165) is 25.5 Å². The lowest BCUT2D eigenvalue weighted by Gasteiger charge is -2.09. The summed E-state index contributed by atoms with van der Waals surface area (Å²) in [6, 6.07) is 6.61. The molecule has 0 atom stereocenters. The summed E-state index contributed by atoms with van der Waals surface area (Å²) in [7, 11) is 0. The number of hydrogen-bond donors (Lipinski definition) is 2. The molecule has 1 rings (SSSR count). The molecule has 0 aliphatic rings. The first-order valence-electron chi connectivity index (χ1n) is 6.68. The topological polar surface area (TPSA) is 36.4 Å².